The fraction of sp³-hybridized carbons (Fsp3) is 0.500. The molecule has 4 atom stereocenters. The molecule has 132 valence electrons. The maximum absolute atomic E-state index is 12.2. The van der Waals surface area contributed by atoms with Crippen molar-refractivity contribution in [2.24, 2.45) is 17.8 Å². The van der Waals surface area contributed by atoms with Gasteiger partial charge in [0.1, 0.15) is 12.1 Å². The zero-order valence-corrected chi connectivity index (χ0v) is 14.0. The van der Waals surface area contributed by atoms with Gasteiger partial charge in [-0.05, 0) is 42.7 Å². The first-order valence-electron chi connectivity index (χ1n) is 8.83. The molecule has 4 rings (SSSR count). The highest BCUT2D eigenvalue weighted by Crippen LogP contribution is 2.48. The molecule has 2 aromatic heterocycles. The average molecular weight is 341 g/mol. The zero-order chi connectivity index (χ0) is 17.2. The molecule has 2 bridgehead atoms. The Labute approximate surface area is 146 Å². The van der Waals surface area contributed by atoms with Crippen molar-refractivity contribution < 1.29 is 9.90 Å². The normalized spacial score (nSPS) is 27.4. The Morgan fingerprint density at radius 1 is 1.32 bits per heavy atom. The molecule has 3 N–H and O–H groups in total. The molecule has 7 nitrogen and oxygen atoms in total. The summed E-state index contributed by atoms with van der Waals surface area (Å²) in [6.45, 7) is 0.583. The van der Waals surface area contributed by atoms with Gasteiger partial charge in [0, 0.05) is 43.7 Å². The quantitative estimate of drug-likeness (QED) is 0.768. The highest BCUT2D eigenvalue weighted by molar-refractivity contribution is 5.74. The van der Waals surface area contributed by atoms with E-state index in [2.05, 4.69) is 20.6 Å². The molecule has 2 saturated carbocycles. The highest BCUT2D eigenvalue weighted by Gasteiger charge is 2.47. The Bertz CT molecular complexity index is 716. The third kappa shape index (κ3) is 3.24. The lowest BCUT2D eigenvalue weighted by Gasteiger charge is -2.30. The third-order valence-electron chi connectivity index (χ3n) is 5.63. The summed E-state index contributed by atoms with van der Waals surface area (Å²) < 4.78 is 1.83. The molecule has 0 saturated heterocycles. The molecule has 2 aliphatic carbocycles. The van der Waals surface area contributed by atoms with Crippen molar-refractivity contribution >= 4 is 6.03 Å². The Balaban J connectivity index is 1.30. The number of carbonyl (C=O) groups is 1. The van der Waals surface area contributed by atoms with Gasteiger partial charge in [0.15, 0.2) is 0 Å². The lowest BCUT2D eigenvalue weighted by molar-refractivity contribution is 0.144. The fourth-order valence-corrected chi connectivity index (χ4v) is 4.35. The van der Waals surface area contributed by atoms with Crippen molar-refractivity contribution in [1.29, 1.82) is 0 Å². The number of nitrogens with zero attached hydrogens (tertiary/aromatic N) is 3. The van der Waals surface area contributed by atoms with E-state index in [1.165, 1.54) is 6.42 Å². The lowest BCUT2D eigenvalue weighted by Crippen LogP contribution is -2.48. The number of aromatic nitrogens is 3. The van der Waals surface area contributed by atoms with E-state index in [-0.39, 0.29) is 24.6 Å². The number of carbonyl (C=O) groups excluding carboxylic acids is 1. The van der Waals surface area contributed by atoms with Gasteiger partial charge in [0.05, 0.1) is 0 Å². The summed E-state index contributed by atoms with van der Waals surface area (Å²) in [7, 11) is 0. The van der Waals surface area contributed by atoms with Gasteiger partial charge >= 0.3 is 6.03 Å². The highest BCUT2D eigenvalue weighted by atomic mass is 16.3. The number of aliphatic hydroxyl groups is 1. The predicted octanol–water partition coefficient (Wildman–Crippen LogP) is 1.47. The van der Waals surface area contributed by atoms with E-state index < -0.39 is 0 Å². The Morgan fingerprint density at radius 2 is 2.20 bits per heavy atom. The predicted molar refractivity (Wildman–Crippen MR) is 91.9 cm³/mol. The van der Waals surface area contributed by atoms with Crippen LogP contribution in [0.4, 0.5) is 4.79 Å². The Hall–Kier alpha value is -2.41. The van der Waals surface area contributed by atoms with Crippen LogP contribution >= 0.6 is 0 Å². The number of aliphatic hydroxyl groups excluding tert-OH is 1. The van der Waals surface area contributed by atoms with Crippen LogP contribution in [0.1, 0.15) is 24.8 Å². The van der Waals surface area contributed by atoms with Crippen molar-refractivity contribution in [2.45, 2.75) is 31.8 Å². The van der Waals surface area contributed by atoms with Gasteiger partial charge in [0.2, 0.25) is 0 Å². The van der Waals surface area contributed by atoms with Gasteiger partial charge in [-0.25, -0.2) is 14.8 Å². The van der Waals surface area contributed by atoms with Gasteiger partial charge < -0.3 is 15.7 Å². The van der Waals surface area contributed by atoms with Crippen LogP contribution in [0.25, 0.3) is 5.82 Å². The van der Waals surface area contributed by atoms with Crippen LogP contribution in [0.2, 0.25) is 0 Å². The molecule has 2 amide bonds. The van der Waals surface area contributed by atoms with Gasteiger partial charge in [-0.1, -0.05) is 6.07 Å². The molecule has 4 unspecified atom stereocenters. The first-order chi connectivity index (χ1) is 12.2. The van der Waals surface area contributed by atoms with Crippen LogP contribution in [-0.4, -0.2) is 38.3 Å². The van der Waals surface area contributed by atoms with Crippen LogP contribution < -0.4 is 10.6 Å². The summed E-state index contributed by atoms with van der Waals surface area (Å²) in [5, 5.41) is 15.6. The Kier molecular flexibility index (Phi) is 4.40. The maximum Gasteiger partial charge on any atom is 0.315 e. The van der Waals surface area contributed by atoms with Crippen LogP contribution in [0.5, 0.6) is 0 Å². The molecule has 2 aliphatic rings. The smallest absolute Gasteiger partial charge is 0.315 e. The van der Waals surface area contributed by atoms with Gasteiger partial charge in [-0.15, -0.1) is 0 Å². The van der Waals surface area contributed by atoms with Crippen LogP contribution in [-0.2, 0) is 6.54 Å². The van der Waals surface area contributed by atoms with Gasteiger partial charge in [-0.2, -0.15) is 0 Å². The van der Waals surface area contributed by atoms with E-state index in [0.717, 1.165) is 24.2 Å². The van der Waals surface area contributed by atoms with E-state index in [1.807, 2.05) is 22.9 Å². The molecule has 7 heteroatoms. The van der Waals surface area contributed by atoms with Crippen molar-refractivity contribution in [3.63, 3.8) is 0 Å². The summed E-state index contributed by atoms with van der Waals surface area (Å²) >= 11 is 0. The van der Waals surface area contributed by atoms with Crippen molar-refractivity contribution in [1.82, 2.24) is 25.2 Å². The number of urea groups is 1. The summed E-state index contributed by atoms with van der Waals surface area (Å²) in [6.07, 6.45) is 10.5. The number of hydrogen-bond donors (Lipinski definition) is 3. The number of fused-ring (bicyclic) bond motifs is 2. The molecule has 2 heterocycles. The SMILES string of the molecule is O=C(NCc1ccc(-n2ccnc2)nc1)NC1C2CCC(C2)C1CO. The van der Waals surface area contributed by atoms with Gasteiger partial charge in [-0.3, -0.25) is 4.57 Å². The second kappa shape index (κ2) is 6.84. The van der Waals surface area contributed by atoms with Crippen molar-refractivity contribution in [3.8, 4) is 5.82 Å². The average Bonchev–Trinajstić information content (AvgIpc) is 3.37. The molecule has 2 fully saturated rings. The summed E-state index contributed by atoms with van der Waals surface area (Å²) in [5.41, 5.74) is 0.936. The molecule has 25 heavy (non-hydrogen) atoms. The zero-order valence-electron chi connectivity index (χ0n) is 14.0. The van der Waals surface area contributed by atoms with Crippen LogP contribution in [0, 0.1) is 17.8 Å². The topological polar surface area (TPSA) is 92.1 Å². The number of hydrogen-bond acceptors (Lipinski definition) is 4. The summed E-state index contributed by atoms with van der Waals surface area (Å²) in [5.74, 6) is 2.09. The van der Waals surface area contributed by atoms with Crippen molar-refractivity contribution in [3.05, 3.63) is 42.6 Å². The lowest BCUT2D eigenvalue weighted by atomic mass is 9.85. The van der Waals surface area contributed by atoms with E-state index in [1.54, 1.807) is 18.7 Å². The van der Waals surface area contributed by atoms with Crippen LogP contribution in [0.3, 0.4) is 0 Å². The minimum atomic E-state index is -0.172. The van der Waals surface area contributed by atoms with E-state index in [0.29, 0.717) is 18.4 Å². The molecule has 2 aromatic rings. The molecular weight excluding hydrogens is 318 g/mol. The van der Waals surface area contributed by atoms with E-state index in [4.69, 9.17) is 0 Å². The van der Waals surface area contributed by atoms with E-state index >= 15 is 0 Å². The second-order valence-corrected chi connectivity index (χ2v) is 7.03. The standard InChI is InChI=1S/C18H23N5O2/c24-10-15-13-2-3-14(7-13)17(15)22-18(25)21-9-12-1-4-16(20-8-12)23-6-5-19-11-23/h1,4-6,8,11,13-15,17,24H,2-3,7,9-10H2,(H2,21,22,25). The molecule has 0 radical (unpaired) electrons. The Morgan fingerprint density at radius 3 is 2.92 bits per heavy atom. The fourth-order valence-electron chi connectivity index (χ4n) is 4.35. The van der Waals surface area contributed by atoms with E-state index in [9.17, 15) is 9.90 Å². The molecule has 0 aromatic carbocycles. The third-order valence-corrected chi connectivity index (χ3v) is 5.63. The number of pyridine rings is 1. The molecular formula is C18H23N5O2. The number of amides is 2. The number of nitrogens with one attached hydrogen (secondary N) is 2. The largest absolute Gasteiger partial charge is 0.396 e. The minimum Gasteiger partial charge on any atom is -0.396 e. The monoisotopic (exact) mass is 341 g/mol. The molecule has 0 aliphatic heterocycles. The second-order valence-electron chi connectivity index (χ2n) is 7.03. The van der Waals surface area contributed by atoms with Crippen molar-refractivity contribution in [2.75, 3.05) is 6.61 Å². The first-order valence-corrected chi connectivity index (χ1v) is 8.83. The van der Waals surface area contributed by atoms with Gasteiger partial charge in [0.25, 0.3) is 0 Å². The summed E-state index contributed by atoms with van der Waals surface area (Å²) in [4.78, 5) is 20.6. The number of rotatable bonds is 5. The number of imidazole rings is 1. The maximum atomic E-state index is 12.2. The summed E-state index contributed by atoms with van der Waals surface area (Å²) in [6, 6.07) is 3.77. The van der Waals surface area contributed by atoms with Crippen LogP contribution in [0.15, 0.2) is 37.1 Å². The first kappa shape index (κ1) is 16.1. The molecule has 0 spiro atoms. The minimum absolute atomic E-state index is 0.102.